The van der Waals surface area contributed by atoms with Gasteiger partial charge in [-0.2, -0.15) is 0 Å². The van der Waals surface area contributed by atoms with Crippen LogP contribution in [0.1, 0.15) is 35.6 Å². The maximum Gasteiger partial charge on any atom is 0.271 e. The minimum absolute atomic E-state index is 0.300. The first-order valence-electron chi connectivity index (χ1n) is 11.0. The van der Waals surface area contributed by atoms with Gasteiger partial charge in [0.15, 0.2) is 4.80 Å². The molecule has 4 aromatic rings. The highest BCUT2D eigenvalue weighted by Crippen LogP contribution is 2.32. The van der Waals surface area contributed by atoms with Crippen LogP contribution in [-0.2, 0) is 4.79 Å². The summed E-state index contributed by atoms with van der Waals surface area (Å²) in [5.41, 5.74) is 2.83. The van der Waals surface area contributed by atoms with E-state index in [1.807, 2.05) is 38.1 Å². The van der Waals surface area contributed by atoms with Crippen LogP contribution in [0.2, 0.25) is 0 Å². The van der Waals surface area contributed by atoms with Crippen molar-refractivity contribution in [3.8, 4) is 0 Å². The van der Waals surface area contributed by atoms with Crippen molar-refractivity contribution < 1.29 is 13.6 Å². The molecule has 0 spiro atoms. The van der Waals surface area contributed by atoms with Crippen molar-refractivity contribution in [2.45, 2.75) is 26.8 Å². The van der Waals surface area contributed by atoms with Gasteiger partial charge in [-0.15, -0.1) is 0 Å². The van der Waals surface area contributed by atoms with Crippen LogP contribution in [0.5, 0.6) is 0 Å². The summed E-state index contributed by atoms with van der Waals surface area (Å²) in [5.74, 6) is 0.437. The molecule has 1 atom stereocenters. The van der Waals surface area contributed by atoms with Crippen molar-refractivity contribution in [1.82, 2.24) is 4.57 Å². The number of hydrogen-bond donors (Lipinski definition) is 1. The second-order valence-corrected chi connectivity index (χ2v) is 9.36. The second kappa shape index (κ2) is 8.96. The molecule has 0 fully saturated rings. The zero-order valence-corrected chi connectivity index (χ0v) is 20.2. The summed E-state index contributed by atoms with van der Waals surface area (Å²) in [6.45, 7) is 5.48. The fourth-order valence-corrected chi connectivity index (χ4v) is 5.14. The van der Waals surface area contributed by atoms with Crippen LogP contribution in [-0.4, -0.2) is 10.5 Å². The number of carbonyl (C=O) groups excluding carboxylic acids is 1. The Morgan fingerprint density at radius 3 is 2.51 bits per heavy atom. The predicted octanol–water partition coefficient (Wildman–Crippen LogP) is 4.22. The van der Waals surface area contributed by atoms with Crippen molar-refractivity contribution in [1.29, 1.82) is 0 Å². The van der Waals surface area contributed by atoms with Gasteiger partial charge in [0.1, 0.15) is 23.4 Å². The fourth-order valence-electron chi connectivity index (χ4n) is 4.09. The van der Waals surface area contributed by atoms with E-state index in [-0.39, 0.29) is 17.3 Å². The Balaban J connectivity index is 1.66. The van der Waals surface area contributed by atoms with Crippen molar-refractivity contribution >= 4 is 29.0 Å². The second-order valence-electron chi connectivity index (χ2n) is 8.35. The molecule has 0 unspecified atom stereocenters. The van der Waals surface area contributed by atoms with Gasteiger partial charge >= 0.3 is 0 Å². The third kappa shape index (κ3) is 4.28. The third-order valence-corrected chi connectivity index (χ3v) is 6.84. The monoisotopic (exact) mass is 487 g/mol. The third-order valence-electron chi connectivity index (χ3n) is 5.86. The standard InChI is InChI=1S/C27H22FN3O3S/c1-15-6-4-5-7-20(15)30-25(32)23-17(3)29-27-31(24(23)21-13-8-16(2)34-21)26(33)22(35-27)14-18-9-11-19(28)12-10-18/h4-14,24H,1-3H3,(H,30,32)/b22-14+/t24-/m1/s1. The number of amides is 1. The number of benzene rings is 2. The zero-order chi connectivity index (χ0) is 24.7. The molecule has 2 aromatic heterocycles. The van der Waals surface area contributed by atoms with E-state index >= 15 is 0 Å². The number of allylic oxidation sites excluding steroid dienone is 1. The van der Waals surface area contributed by atoms with Crippen LogP contribution < -0.4 is 20.2 Å². The molecule has 1 aliphatic heterocycles. The molecule has 0 radical (unpaired) electrons. The van der Waals surface area contributed by atoms with Gasteiger partial charge < -0.3 is 9.73 Å². The summed E-state index contributed by atoms with van der Waals surface area (Å²) >= 11 is 1.22. The summed E-state index contributed by atoms with van der Waals surface area (Å²) < 4.78 is 21.2. The fraction of sp³-hybridized carbons (Fsp3) is 0.148. The molecule has 0 bridgehead atoms. The molecule has 6 nitrogen and oxygen atoms in total. The van der Waals surface area contributed by atoms with Crippen LogP contribution in [0.4, 0.5) is 10.1 Å². The van der Waals surface area contributed by atoms with Gasteiger partial charge in [0.05, 0.1) is 15.8 Å². The predicted molar refractivity (Wildman–Crippen MR) is 133 cm³/mol. The molecule has 0 saturated heterocycles. The molecule has 1 aliphatic rings. The molecule has 8 heteroatoms. The lowest BCUT2D eigenvalue weighted by Gasteiger charge is -2.23. The number of nitrogens with one attached hydrogen (secondary N) is 1. The molecular formula is C27H22FN3O3S. The van der Waals surface area contributed by atoms with Crippen LogP contribution in [0.25, 0.3) is 6.08 Å². The number of carbonyl (C=O) groups is 1. The van der Waals surface area contributed by atoms with Crippen LogP contribution in [0.3, 0.4) is 0 Å². The molecule has 3 heterocycles. The van der Waals surface area contributed by atoms with Crippen molar-refractivity contribution in [2.24, 2.45) is 4.99 Å². The van der Waals surface area contributed by atoms with Crippen LogP contribution in [0, 0.1) is 19.7 Å². The maximum absolute atomic E-state index is 13.6. The smallest absolute Gasteiger partial charge is 0.271 e. The highest BCUT2D eigenvalue weighted by Gasteiger charge is 2.34. The number of fused-ring (bicyclic) bond motifs is 1. The summed E-state index contributed by atoms with van der Waals surface area (Å²) in [4.78, 5) is 32.2. The number of anilines is 1. The Morgan fingerprint density at radius 2 is 1.83 bits per heavy atom. The maximum atomic E-state index is 13.6. The first-order chi connectivity index (χ1) is 16.8. The minimum Gasteiger partial charge on any atom is -0.464 e. The van der Waals surface area contributed by atoms with Gasteiger partial charge in [-0.25, -0.2) is 9.38 Å². The molecule has 2 aromatic carbocycles. The van der Waals surface area contributed by atoms with Gasteiger partial charge in [0, 0.05) is 5.69 Å². The molecular weight excluding hydrogens is 465 g/mol. The SMILES string of the molecule is CC1=C(C(=O)Nc2ccccc2C)[C@@H](c2ccc(C)o2)n2c(s/c(=C/c3ccc(F)cc3)c2=O)=N1. The minimum atomic E-state index is -0.778. The van der Waals surface area contributed by atoms with Gasteiger partial charge in [-0.3, -0.25) is 14.2 Å². The number of halogens is 1. The highest BCUT2D eigenvalue weighted by molar-refractivity contribution is 7.07. The average Bonchev–Trinajstić information content (AvgIpc) is 3.39. The summed E-state index contributed by atoms with van der Waals surface area (Å²) in [6, 6.07) is 16.2. The van der Waals surface area contributed by atoms with Crippen molar-refractivity contribution in [3.63, 3.8) is 0 Å². The number of aryl methyl sites for hydroxylation is 2. The van der Waals surface area contributed by atoms with E-state index in [0.717, 1.165) is 5.56 Å². The first kappa shape index (κ1) is 22.7. The van der Waals surface area contributed by atoms with E-state index in [9.17, 15) is 14.0 Å². The number of rotatable bonds is 4. The summed E-state index contributed by atoms with van der Waals surface area (Å²) in [7, 11) is 0. The molecule has 35 heavy (non-hydrogen) atoms. The Labute approximate surface area is 204 Å². The van der Waals surface area contributed by atoms with Crippen molar-refractivity contribution in [2.75, 3.05) is 5.32 Å². The lowest BCUT2D eigenvalue weighted by molar-refractivity contribution is -0.113. The molecule has 5 rings (SSSR count). The van der Waals surface area contributed by atoms with Gasteiger partial charge in [0.25, 0.3) is 11.5 Å². The number of aromatic nitrogens is 1. The molecule has 0 aliphatic carbocycles. The largest absolute Gasteiger partial charge is 0.464 e. The average molecular weight is 488 g/mol. The Hall–Kier alpha value is -4.04. The van der Waals surface area contributed by atoms with Crippen LogP contribution in [0.15, 0.2) is 86.1 Å². The number of hydrogen-bond acceptors (Lipinski definition) is 5. The zero-order valence-electron chi connectivity index (χ0n) is 19.3. The van der Waals surface area contributed by atoms with E-state index < -0.39 is 6.04 Å². The highest BCUT2D eigenvalue weighted by atomic mass is 32.1. The van der Waals surface area contributed by atoms with Gasteiger partial charge in [0.2, 0.25) is 0 Å². The number of furan rings is 1. The summed E-state index contributed by atoms with van der Waals surface area (Å²) in [6.07, 6.45) is 1.69. The summed E-state index contributed by atoms with van der Waals surface area (Å²) in [5, 5.41) is 2.97. The lowest BCUT2D eigenvalue weighted by atomic mass is 10.00. The number of thiazole rings is 1. The first-order valence-corrected chi connectivity index (χ1v) is 11.8. The molecule has 1 amide bonds. The van der Waals surface area contributed by atoms with E-state index in [1.54, 1.807) is 37.3 Å². The van der Waals surface area contributed by atoms with E-state index in [0.29, 0.717) is 43.4 Å². The lowest BCUT2D eigenvalue weighted by Crippen LogP contribution is -2.40. The molecule has 176 valence electrons. The molecule has 0 saturated carbocycles. The number of nitrogens with zero attached hydrogens (tertiary/aromatic N) is 2. The Kier molecular flexibility index (Phi) is 5.82. The normalized spacial score (nSPS) is 15.7. The van der Waals surface area contributed by atoms with E-state index in [2.05, 4.69) is 10.3 Å². The van der Waals surface area contributed by atoms with Crippen LogP contribution >= 0.6 is 11.3 Å². The molecule has 1 N–H and O–H groups in total. The Morgan fingerprint density at radius 1 is 1.09 bits per heavy atom. The quantitative estimate of drug-likeness (QED) is 0.468. The Bertz CT molecular complexity index is 1660. The van der Waals surface area contributed by atoms with E-state index in [4.69, 9.17) is 4.42 Å². The van der Waals surface area contributed by atoms with Crippen molar-refractivity contribution in [3.05, 3.63) is 120 Å². The van der Waals surface area contributed by atoms with Gasteiger partial charge in [-0.05, 0) is 68.3 Å². The van der Waals surface area contributed by atoms with E-state index in [1.165, 1.54) is 28.0 Å². The number of para-hydroxylation sites is 1. The topological polar surface area (TPSA) is 76.6 Å². The van der Waals surface area contributed by atoms with Gasteiger partial charge in [-0.1, -0.05) is 41.7 Å².